The monoisotopic (exact) mass is 505 g/mol. The molecule has 0 radical (unpaired) electrons. The summed E-state index contributed by atoms with van der Waals surface area (Å²) in [5.41, 5.74) is -1.72. The average Bonchev–Trinajstić information content (AvgIpc) is 3.49. The Morgan fingerprint density at radius 1 is 1.23 bits per heavy atom. The van der Waals surface area contributed by atoms with Crippen molar-refractivity contribution in [1.29, 1.82) is 0 Å². The number of nitrogens with one attached hydrogen (secondary N) is 1. The van der Waals surface area contributed by atoms with E-state index < -0.39 is 41.6 Å². The van der Waals surface area contributed by atoms with Gasteiger partial charge in [0.2, 0.25) is 11.8 Å². The number of ether oxygens (including phenoxy) is 1. The number of nitrogens with zero attached hydrogens (tertiary/aromatic N) is 6. The summed E-state index contributed by atoms with van der Waals surface area (Å²) < 4.78 is 90.2. The highest BCUT2D eigenvalue weighted by molar-refractivity contribution is 5.57. The van der Waals surface area contributed by atoms with E-state index in [9.17, 15) is 26.3 Å². The molecule has 1 saturated heterocycles. The Kier molecular flexibility index (Phi) is 6.27. The maximum Gasteiger partial charge on any atom is 0.433 e. The van der Waals surface area contributed by atoms with Gasteiger partial charge in [-0.25, -0.2) is 4.52 Å². The van der Waals surface area contributed by atoms with Gasteiger partial charge in [0.1, 0.15) is 5.69 Å². The smallest absolute Gasteiger partial charge is 0.433 e. The van der Waals surface area contributed by atoms with Crippen LogP contribution in [0.4, 0.5) is 38.3 Å². The molecule has 3 aromatic rings. The summed E-state index contributed by atoms with van der Waals surface area (Å²) >= 11 is 0. The summed E-state index contributed by atoms with van der Waals surface area (Å²) in [6.45, 7) is 7.27. The molecule has 1 aliphatic heterocycles. The number of pyridine rings is 1. The first kappa shape index (κ1) is 24.6. The van der Waals surface area contributed by atoms with Crippen molar-refractivity contribution in [2.45, 2.75) is 44.8 Å². The molecule has 0 amide bonds. The highest BCUT2D eigenvalue weighted by Crippen LogP contribution is 2.34. The van der Waals surface area contributed by atoms with Crippen LogP contribution >= 0.6 is 0 Å². The predicted octanol–water partition coefficient (Wildman–Crippen LogP) is 4.26. The molecular weight excluding hydrogens is 484 g/mol. The summed E-state index contributed by atoms with van der Waals surface area (Å²) in [6, 6.07) is 1.28. The summed E-state index contributed by atoms with van der Waals surface area (Å²) in [7, 11) is 0. The highest BCUT2D eigenvalue weighted by Gasteiger charge is 2.40. The zero-order chi connectivity index (χ0) is 25.5. The number of halogens is 6. The van der Waals surface area contributed by atoms with E-state index in [1.54, 1.807) is 13.0 Å². The number of hydrogen-bond donors (Lipinski definition) is 1. The fraction of sp³-hybridized carbons (Fsp3) is 0.500. The van der Waals surface area contributed by atoms with Gasteiger partial charge >= 0.3 is 18.4 Å². The van der Waals surface area contributed by atoms with E-state index in [0.717, 1.165) is 13.0 Å². The SMILES string of the molecule is C=C[C@@H](Nc1nc2c(O[C@@H](C)C(F)(F)F)ccc(C(F)(F)F)n2n1)[C@H]1CCN(c2nnc(C)o2)C1. The zero-order valence-corrected chi connectivity index (χ0v) is 18.6. The number of aromatic nitrogens is 5. The van der Waals surface area contributed by atoms with E-state index in [2.05, 4.69) is 32.2 Å². The fourth-order valence-electron chi connectivity index (χ4n) is 3.75. The van der Waals surface area contributed by atoms with Gasteiger partial charge in [0.25, 0.3) is 0 Å². The summed E-state index contributed by atoms with van der Waals surface area (Å²) in [5.74, 6) is -0.357. The molecular formula is C20H21F6N7O2. The molecule has 1 fully saturated rings. The maximum atomic E-state index is 13.5. The second-order valence-corrected chi connectivity index (χ2v) is 8.06. The van der Waals surface area contributed by atoms with Crippen LogP contribution in [-0.4, -0.2) is 56.2 Å². The Bertz CT molecular complexity index is 1200. The van der Waals surface area contributed by atoms with Crippen LogP contribution < -0.4 is 15.0 Å². The van der Waals surface area contributed by atoms with E-state index in [4.69, 9.17) is 9.15 Å². The van der Waals surface area contributed by atoms with Crippen molar-refractivity contribution in [2.24, 2.45) is 5.92 Å². The molecule has 0 spiro atoms. The van der Waals surface area contributed by atoms with Crippen LogP contribution in [0.5, 0.6) is 5.75 Å². The van der Waals surface area contributed by atoms with Gasteiger partial charge < -0.3 is 19.4 Å². The molecule has 4 rings (SSSR count). The van der Waals surface area contributed by atoms with Crippen LogP contribution in [0, 0.1) is 12.8 Å². The first-order valence-electron chi connectivity index (χ1n) is 10.5. The van der Waals surface area contributed by atoms with Crippen molar-refractivity contribution in [3.05, 3.63) is 36.4 Å². The first-order chi connectivity index (χ1) is 16.4. The van der Waals surface area contributed by atoms with Crippen molar-refractivity contribution < 1.29 is 35.5 Å². The van der Waals surface area contributed by atoms with Crippen LogP contribution in [0.15, 0.2) is 29.2 Å². The quantitative estimate of drug-likeness (QED) is 0.376. The first-order valence-corrected chi connectivity index (χ1v) is 10.5. The highest BCUT2D eigenvalue weighted by atomic mass is 19.4. The van der Waals surface area contributed by atoms with Crippen molar-refractivity contribution in [3.63, 3.8) is 0 Å². The van der Waals surface area contributed by atoms with Crippen LogP contribution in [0.2, 0.25) is 0 Å². The number of rotatable bonds is 7. The van der Waals surface area contributed by atoms with E-state index in [0.29, 0.717) is 42.0 Å². The third kappa shape index (κ3) is 5.12. The van der Waals surface area contributed by atoms with Gasteiger partial charge in [0, 0.05) is 25.9 Å². The summed E-state index contributed by atoms with van der Waals surface area (Å²) in [6.07, 6.45) is -9.59. The Hall–Kier alpha value is -3.52. The molecule has 3 atom stereocenters. The van der Waals surface area contributed by atoms with Gasteiger partial charge in [-0.1, -0.05) is 11.2 Å². The Morgan fingerprint density at radius 2 is 1.97 bits per heavy atom. The fourth-order valence-corrected chi connectivity index (χ4v) is 3.75. The van der Waals surface area contributed by atoms with Crippen LogP contribution in [0.3, 0.4) is 0 Å². The van der Waals surface area contributed by atoms with E-state index in [1.807, 2.05) is 4.90 Å². The number of alkyl halides is 6. The molecule has 1 aliphatic rings. The molecule has 35 heavy (non-hydrogen) atoms. The van der Waals surface area contributed by atoms with Gasteiger partial charge in [0.05, 0.1) is 6.04 Å². The minimum absolute atomic E-state index is 0.0608. The molecule has 0 aliphatic carbocycles. The minimum atomic E-state index is -4.83. The van der Waals surface area contributed by atoms with Crippen molar-refractivity contribution >= 4 is 17.6 Å². The van der Waals surface area contributed by atoms with Gasteiger partial charge in [-0.2, -0.15) is 31.3 Å². The minimum Gasteiger partial charge on any atom is -0.477 e. The number of aryl methyl sites for hydroxylation is 1. The van der Waals surface area contributed by atoms with Crippen LogP contribution in [-0.2, 0) is 6.18 Å². The summed E-state index contributed by atoms with van der Waals surface area (Å²) in [4.78, 5) is 5.88. The van der Waals surface area contributed by atoms with Gasteiger partial charge in [-0.05, 0) is 25.5 Å². The molecule has 190 valence electrons. The molecule has 0 unspecified atom stereocenters. The van der Waals surface area contributed by atoms with Crippen molar-refractivity contribution in [3.8, 4) is 5.75 Å². The third-order valence-corrected chi connectivity index (χ3v) is 5.57. The van der Waals surface area contributed by atoms with Crippen molar-refractivity contribution in [2.75, 3.05) is 23.3 Å². The number of fused-ring (bicyclic) bond motifs is 1. The lowest BCUT2D eigenvalue weighted by molar-refractivity contribution is -0.189. The molecule has 1 N–H and O–H groups in total. The average molecular weight is 505 g/mol. The molecule has 9 nitrogen and oxygen atoms in total. The summed E-state index contributed by atoms with van der Waals surface area (Å²) in [5, 5.41) is 14.6. The van der Waals surface area contributed by atoms with Crippen LogP contribution in [0.25, 0.3) is 5.65 Å². The van der Waals surface area contributed by atoms with Crippen LogP contribution in [0.1, 0.15) is 24.9 Å². The maximum absolute atomic E-state index is 13.5. The normalized spacial score (nSPS) is 18.6. The van der Waals surface area contributed by atoms with Gasteiger partial charge in [-0.3, -0.25) is 0 Å². The number of anilines is 2. The molecule has 15 heteroatoms. The lowest BCUT2D eigenvalue weighted by Crippen LogP contribution is -2.31. The predicted molar refractivity (Wildman–Crippen MR) is 111 cm³/mol. The Labute approximate surface area is 194 Å². The molecule has 3 aromatic heterocycles. The lowest BCUT2D eigenvalue weighted by Gasteiger charge is -2.20. The van der Waals surface area contributed by atoms with Gasteiger partial charge in [-0.15, -0.1) is 16.8 Å². The molecule has 4 heterocycles. The molecule has 0 saturated carbocycles. The lowest BCUT2D eigenvalue weighted by atomic mass is 9.99. The van der Waals surface area contributed by atoms with E-state index in [-0.39, 0.29) is 11.9 Å². The third-order valence-electron chi connectivity index (χ3n) is 5.57. The Balaban J connectivity index is 1.61. The topological polar surface area (TPSA) is 93.6 Å². The standard InChI is InChI=1S/C20H21F6N7O2/c1-4-13(12-7-8-32(9-12)18-30-29-11(3)35-18)27-17-28-16-14(34-10(2)19(21,22)23)5-6-15(20(24,25)26)33(16)31-17/h4-6,10,12-13H,1,7-9H2,2-3H3,(H,27,31)/t10-,12-,13+/m0/s1. The van der Waals surface area contributed by atoms with Crippen molar-refractivity contribution in [1.82, 2.24) is 24.8 Å². The zero-order valence-electron chi connectivity index (χ0n) is 18.6. The van der Waals surface area contributed by atoms with E-state index >= 15 is 0 Å². The number of hydrogen-bond acceptors (Lipinski definition) is 8. The molecule has 0 aromatic carbocycles. The second kappa shape index (κ2) is 8.92. The Morgan fingerprint density at radius 3 is 2.57 bits per heavy atom. The van der Waals surface area contributed by atoms with E-state index in [1.165, 1.54) is 0 Å². The largest absolute Gasteiger partial charge is 0.477 e. The second-order valence-electron chi connectivity index (χ2n) is 8.06. The van der Waals surface area contributed by atoms with Gasteiger partial charge in [0.15, 0.2) is 17.5 Å². The molecule has 0 bridgehead atoms.